The largest absolute Gasteiger partial charge is 0.508 e. The molecule has 3 aromatic carbocycles. The van der Waals surface area contributed by atoms with Crippen LogP contribution in [0.5, 0.6) is 11.5 Å². The van der Waals surface area contributed by atoms with E-state index in [1.807, 2.05) is 23.9 Å². The first-order chi connectivity index (χ1) is 16.8. The molecule has 0 unspecified atom stereocenters. The summed E-state index contributed by atoms with van der Waals surface area (Å²) in [5.74, 6) is 2.72. The Balaban J connectivity index is 1.24. The third-order valence-corrected chi connectivity index (χ3v) is 8.30. The number of phenolic OH excluding ortho intramolecular Hbond substituents is 1. The third kappa shape index (κ3) is 5.61. The van der Waals surface area contributed by atoms with Crippen LogP contribution in [0.15, 0.2) is 77.7 Å². The molecule has 2 heterocycles. The molecule has 4 heteroatoms. The maximum atomic E-state index is 10.2. The third-order valence-electron chi connectivity index (χ3n) is 7.20. The normalized spacial score (nSPS) is 20.1. The predicted molar refractivity (Wildman–Crippen MR) is 141 cm³/mol. The van der Waals surface area contributed by atoms with Gasteiger partial charge in [0.2, 0.25) is 0 Å². The molecule has 0 bridgehead atoms. The molecule has 1 N–H and O–H groups in total. The summed E-state index contributed by atoms with van der Waals surface area (Å²) in [7, 11) is 0. The molecule has 1 fully saturated rings. The van der Waals surface area contributed by atoms with Crippen LogP contribution in [0.2, 0.25) is 0 Å². The van der Waals surface area contributed by atoms with Gasteiger partial charge in [0.25, 0.3) is 0 Å². The number of fused-ring (bicyclic) bond motifs is 1. The molecule has 0 saturated carbocycles. The summed E-state index contributed by atoms with van der Waals surface area (Å²) in [6.07, 6.45) is 6.71. The number of benzene rings is 3. The minimum atomic E-state index is 0.155. The van der Waals surface area contributed by atoms with Crippen LogP contribution < -0.4 is 4.74 Å². The van der Waals surface area contributed by atoms with Crippen LogP contribution >= 0.6 is 11.8 Å². The van der Waals surface area contributed by atoms with Crippen LogP contribution in [0, 0.1) is 0 Å². The molecule has 34 heavy (non-hydrogen) atoms. The van der Waals surface area contributed by atoms with Crippen molar-refractivity contribution < 1.29 is 9.84 Å². The molecular weight excluding hydrogens is 438 g/mol. The van der Waals surface area contributed by atoms with Crippen molar-refractivity contribution in [2.75, 3.05) is 32.0 Å². The zero-order valence-electron chi connectivity index (χ0n) is 19.9. The maximum Gasteiger partial charge on any atom is 0.123 e. The quantitative estimate of drug-likeness (QED) is 0.266. The van der Waals surface area contributed by atoms with Gasteiger partial charge < -0.3 is 14.7 Å². The van der Waals surface area contributed by atoms with E-state index < -0.39 is 0 Å². The van der Waals surface area contributed by atoms with Gasteiger partial charge in [0.15, 0.2) is 0 Å². The summed E-state index contributed by atoms with van der Waals surface area (Å²) in [5, 5.41) is 10.2. The Morgan fingerprint density at radius 2 is 1.65 bits per heavy atom. The number of nitrogens with zero attached hydrogens (tertiary/aromatic N) is 1. The van der Waals surface area contributed by atoms with E-state index in [2.05, 4.69) is 59.5 Å². The molecule has 0 amide bonds. The minimum Gasteiger partial charge on any atom is -0.508 e. The highest BCUT2D eigenvalue weighted by molar-refractivity contribution is 7.99. The fourth-order valence-corrected chi connectivity index (χ4v) is 6.30. The second-order valence-electron chi connectivity index (χ2n) is 9.55. The molecule has 0 radical (unpaired) electrons. The van der Waals surface area contributed by atoms with Crippen LogP contribution in [0.4, 0.5) is 0 Å². The topological polar surface area (TPSA) is 32.7 Å². The van der Waals surface area contributed by atoms with Crippen molar-refractivity contribution in [3.63, 3.8) is 0 Å². The van der Waals surface area contributed by atoms with E-state index in [4.69, 9.17) is 4.74 Å². The van der Waals surface area contributed by atoms with Crippen LogP contribution in [0.25, 0.3) is 0 Å². The first-order valence-corrected chi connectivity index (χ1v) is 13.7. The van der Waals surface area contributed by atoms with Crippen LogP contribution in [0.1, 0.15) is 60.6 Å². The van der Waals surface area contributed by atoms with Crippen molar-refractivity contribution in [3.8, 4) is 11.5 Å². The van der Waals surface area contributed by atoms with Crippen molar-refractivity contribution in [2.24, 2.45) is 0 Å². The lowest BCUT2D eigenvalue weighted by Gasteiger charge is -2.34. The van der Waals surface area contributed by atoms with Gasteiger partial charge in [-0.15, -0.1) is 11.8 Å². The highest BCUT2D eigenvalue weighted by Crippen LogP contribution is 2.47. The Bertz CT molecular complexity index is 1050. The lowest BCUT2D eigenvalue weighted by atomic mass is 9.76. The molecular formula is C30H35NO2S. The molecule has 0 aromatic heterocycles. The zero-order valence-corrected chi connectivity index (χ0v) is 20.7. The molecule has 3 nitrogen and oxygen atoms in total. The fourth-order valence-electron chi connectivity index (χ4n) is 5.39. The number of phenols is 1. The number of ether oxygens (including phenoxy) is 1. The van der Waals surface area contributed by atoms with Gasteiger partial charge in [-0.25, -0.2) is 0 Å². The van der Waals surface area contributed by atoms with E-state index in [1.54, 1.807) is 6.07 Å². The standard InChI is InChI=1S/C30H35NO2S/c32-25-13-16-29-27(21-25)30(28(22-33-29)23-9-3-1-4-10-23)24-11-14-26(15-12-24)34-20-8-2-5-17-31-18-6-7-19-31/h1,3-4,9-16,21,28,30,32H,2,5-8,17-20,22H2/t28-,30-/m1/s1. The minimum absolute atomic E-state index is 0.155. The van der Waals surface area contributed by atoms with Gasteiger partial charge in [0, 0.05) is 22.3 Å². The molecule has 3 aromatic rings. The second-order valence-corrected chi connectivity index (χ2v) is 10.7. The number of aromatic hydroxyl groups is 1. The van der Waals surface area contributed by atoms with E-state index in [0.29, 0.717) is 6.61 Å². The van der Waals surface area contributed by atoms with Crippen molar-refractivity contribution in [3.05, 3.63) is 89.5 Å². The van der Waals surface area contributed by atoms with Crippen LogP contribution in [-0.4, -0.2) is 42.0 Å². The number of unbranched alkanes of at least 4 members (excludes halogenated alkanes) is 2. The van der Waals surface area contributed by atoms with Gasteiger partial charge >= 0.3 is 0 Å². The smallest absolute Gasteiger partial charge is 0.123 e. The number of hydrogen-bond acceptors (Lipinski definition) is 4. The first-order valence-electron chi connectivity index (χ1n) is 12.7. The Labute approximate surface area is 208 Å². The SMILES string of the molecule is Oc1ccc2c(c1)[C@@H](c1ccc(SCCCCCN3CCCC3)cc1)[C@@H](c1ccccc1)CO2. The highest BCUT2D eigenvalue weighted by atomic mass is 32.2. The highest BCUT2D eigenvalue weighted by Gasteiger charge is 2.33. The van der Waals surface area contributed by atoms with Crippen molar-refractivity contribution in [1.29, 1.82) is 0 Å². The molecule has 2 aliphatic rings. The number of thioether (sulfide) groups is 1. The summed E-state index contributed by atoms with van der Waals surface area (Å²) in [6.45, 7) is 4.54. The first kappa shape index (κ1) is 23.3. The molecule has 178 valence electrons. The molecule has 0 spiro atoms. The van der Waals surface area contributed by atoms with Gasteiger partial charge in [-0.1, -0.05) is 48.9 Å². The van der Waals surface area contributed by atoms with Crippen LogP contribution in [-0.2, 0) is 0 Å². The van der Waals surface area contributed by atoms with E-state index in [0.717, 1.165) is 11.3 Å². The molecule has 5 rings (SSSR count). The molecule has 2 aliphatic heterocycles. The van der Waals surface area contributed by atoms with Gasteiger partial charge in [-0.3, -0.25) is 0 Å². The van der Waals surface area contributed by atoms with Crippen molar-refractivity contribution >= 4 is 11.8 Å². The van der Waals surface area contributed by atoms with Gasteiger partial charge in [-0.2, -0.15) is 0 Å². The molecule has 0 aliphatic carbocycles. The fraction of sp³-hybridized carbons (Fsp3) is 0.400. The summed E-state index contributed by atoms with van der Waals surface area (Å²) >= 11 is 1.97. The Hall–Kier alpha value is -2.43. The lowest BCUT2D eigenvalue weighted by molar-refractivity contribution is 0.248. The van der Waals surface area contributed by atoms with Crippen molar-refractivity contribution in [1.82, 2.24) is 4.90 Å². The summed E-state index contributed by atoms with van der Waals surface area (Å²) < 4.78 is 6.12. The number of rotatable bonds is 9. The van der Waals surface area contributed by atoms with E-state index >= 15 is 0 Å². The summed E-state index contributed by atoms with van der Waals surface area (Å²) in [4.78, 5) is 3.95. The number of likely N-dealkylation sites (tertiary alicyclic amines) is 1. The maximum absolute atomic E-state index is 10.2. The summed E-state index contributed by atoms with van der Waals surface area (Å²) in [6, 6.07) is 25.2. The van der Waals surface area contributed by atoms with E-state index in [1.165, 1.54) is 73.5 Å². The Morgan fingerprint density at radius 3 is 2.44 bits per heavy atom. The Morgan fingerprint density at radius 1 is 0.853 bits per heavy atom. The molecule has 2 atom stereocenters. The van der Waals surface area contributed by atoms with Crippen molar-refractivity contribution in [2.45, 2.75) is 48.8 Å². The number of hydrogen-bond donors (Lipinski definition) is 1. The van der Waals surface area contributed by atoms with E-state index in [-0.39, 0.29) is 17.6 Å². The van der Waals surface area contributed by atoms with E-state index in [9.17, 15) is 5.11 Å². The monoisotopic (exact) mass is 473 g/mol. The average Bonchev–Trinajstić information content (AvgIpc) is 3.40. The van der Waals surface area contributed by atoms with Crippen LogP contribution in [0.3, 0.4) is 0 Å². The Kier molecular flexibility index (Phi) is 7.77. The lowest BCUT2D eigenvalue weighted by Crippen LogP contribution is -2.25. The second kappa shape index (κ2) is 11.3. The average molecular weight is 474 g/mol. The predicted octanol–water partition coefficient (Wildman–Crippen LogP) is 7.06. The zero-order chi connectivity index (χ0) is 23.2. The summed E-state index contributed by atoms with van der Waals surface area (Å²) in [5.41, 5.74) is 3.62. The molecule has 1 saturated heterocycles. The van der Waals surface area contributed by atoms with Gasteiger partial charge in [-0.05, 0) is 92.5 Å². The van der Waals surface area contributed by atoms with Gasteiger partial charge in [0.1, 0.15) is 11.5 Å². The van der Waals surface area contributed by atoms with Gasteiger partial charge in [0.05, 0.1) is 6.61 Å².